The molecular weight excluding hydrogens is 390 g/mol. The summed E-state index contributed by atoms with van der Waals surface area (Å²) in [7, 11) is 1.56. The second-order valence-electron chi connectivity index (χ2n) is 6.27. The van der Waals surface area contributed by atoms with Crippen LogP contribution in [0, 0.1) is 6.92 Å². The van der Waals surface area contributed by atoms with Gasteiger partial charge < -0.3 is 19.1 Å². The topological polar surface area (TPSA) is 90.5 Å². The molecule has 0 aliphatic carbocycles. The average molecular weight is 409 g/mol. The molecule has 4 aromatic rings. The van der Waals surface area contributed by atoms with Crippen LogP contribution in [0.5, 0.6) is 11.5 Å². The first-order valence-corrected chi connectivity index (χ1v) is 9.80. The number of hydrogen-bond donors (Lipinski definition) is 1. The number of nitrogens with zero attached hydrogens (tertiary/aromatic N) is 3. The van der Waals surface area contributed by atoms with Crippen LogP contribution in [-0.2, 0) is 6.61 Å². The number of rotatable bonds is 7. The molecule has 0 spiro atoms. The van der Waals surface area contributed by atoms with Gasteiger partial charge in [-0.05, 0) is 17.7 Å². The van der Waals surface area contributed by atoms with E-state index in [9.17, 15) is 5.11 Å². The zero-order chi connectivity index (χ0) is 20.2. The minimum Gasteiger partial charge on any atom is -0.493 e. The predicted octanol–water partition coefficient (Wildman–Crippen LogP) is 4.17. The number of ether oxygens (including phenoxy) is 2. The summed E-state index contributed by atoms with van der Waals surface area (Å²) in [6, 6.07) is 13.3. The monoisotopic (exact) mass is 409 g/mol. The van der Waals surface area contributed by atoms with Crippen molar-refractivity contribution in [1.29, 1.82) is 0 Å². The summed E-state index contributed by atoms with van der Waals surface area (Å²) in [5, 5.41) is 17.3. The fourth-order valence-corrected chi connectivity index (χ4v) is 3.55. The third-order valence-corrected chi connectivity index (χ3v) is 5.15. The Morgan fingerprint density at radius 2 is 2.00 bits per heavy atom. The van der Waals surface area contributed by atoms with Crippen LogP contribution in [0.3, 0.4) is 0 Å². The highest BCUT2D eigenvalue weighted by Gasteiger charge is 2.24. The van der Waals surface area contributed by atoms with Gasteiger partial charge >= 0.3 is 0 Å². The minimum atomic E-state index is -0.964. The van der Waals surface area contributed by atoms with E-state index in [2.05, 4.69) is 15.1 Å². The molecule has 0 amide bonds. The number of benzene rings is 2. The van der Waals surface area contributed by atoms with E-state index in [1.54, 1.807) is 32.4 Å². The molecular formula is C21H19N3O4S. The van der Waals surface area contributed by atoms with E-state index in [1.165, 1.54) is 11.3 Å². The van der Waals surface area contributed by atoms with Crippen LogP contribution in [0.15, 0.2) is 58.6 Å². The van der Waals surface area contributed by atoms with E-state index in [1.807, 2.05) is 35.7 Å². The molecule has 0 aliphatic rings. The van der Waals surface area contributed by atoms with Gasteiger partial charge in [0.05, 0.1) is 7.11 Å². The first kappa shape index (κ1) is 19.1. The molecule has 7 nitrogen and oxygen atoms in total. The maximum atomic E-state index is 11.0. The van der Waals surface area contributed by atoms with Crippen LogP contribution in [0.1, 0.15) is 28.1 Å². The summed E-state index contributed by atoms with van der Waals surface area (Å²) >= 11 is 1.36. The SMILES string of the molecule is COc1cc(-c2noc(C)n2)c(C(O)c2nccs2)cc1OCc1ccccc1. The standard InChI is InChI=1S/C21H19N3O4S/c1-13-23-20(24-28-13)16-11-17(26-2)18(27-12-14-6-4-3-5-7-14)10-15(16)19(25)21-22-8-9-29-21/h3-11,19,25H,12H2,1-2H3. The lowest BCUT2D eigenvalue weighted by Crippen LogP contribution is -2.05. The maximum absolute atomic E-state index is 11.0. The average Bonchev–Trinajstić information content (AvgIpc) is 3.44. The van der Waals surface area contributed by atoms with Crippen LogP contribution in [0.4, 0.5) is 0 Å². The number of aromatic nitrogens is 3. The summed E-state index contributed by atoms with van der Waals surface area (Å²) in [6.07, 6.45) is 0.686. The third kappa shape index (κ3) is 4.13. The second kappa shape index (κ2) is 8.42. The van der Waals surface area contributed by atoms with E-state index in [0.29, 0.717) is 46.0 Å². The fourth-order valence-electron chi connectivity index (χ4n) is 2.91. The summed E-state index contributed by atoms with van der Waals surface area (Å²) in [5.41, 5.74) is 2.17. The van der Waals surface area contributed by atoms with Crippen molar-refractivity contribution in [3.63, 3.8) is 0 Å². The minimum absolute atomic E-state index is 0.362. The first-order chi connectivity index (χ1) is 14.2. The van der Waals surface area contributed by atoms with Gasteiger partial charge in [-0.15, -0.1) is 11.3 Å². The zero-order valence-corrected chi connectivity index (χ0v) is 16.7. The van der Waals surface area contributed by atoms with Crippen molar-refractivity contribution in [2.75, 3.05) is 7.11 Å². The lowest BCUT2D eigenvalue weighted by molar-refractivity contribution is 0.218. The van der Waals surface area contributed by atoms with E-state index >= 15 is 0 Å². The lowest BCUT2D eigenvalue weighted by Gasteiger charge is -2.17. The van der Waals surface area contributed by atoms with Gasteiger partial charge in [-0.25, -0.2) is 4.98 Å². The van der Waals surface area contributed by atoms with Gasteiger partial charge in [-0.3, -0.25) is 0 Å². The van der Waals surface area contributed by atoms with Gasteiger partial charge in [-0.1, -0.05) is 35.5 Å². The molecule has 1 N–H and O–H groups in total. The molecule has 4 rings (SSSR count). The Morgan fingerprint density at radius 1 is 1.17 bits per heavy atom. The molecule has 0 aliphatic heterocycles. The van der Waals surface area contributed by atoms with E-state index in [4.69, 9.17) is 14.0 Å². The first-order valence-electron chi connectivity index (χ1n) is 8.92. The molecule has 29 heavy (non-hydrogen) atoms. The number of aliphatic hydroxyl groups excluding tert-OH is 1. The number of thiazole rings is 1. The highest BCUT2D eigenvalue weighted by Crippen LogP contribution is 2.40. The van der Waals surface area contributed by atoms with E-state index in [-0.39, 0.29) is 0 Å². The smallest absolute Gasteiger partial charge is 0.223 e. The molecule has 0 fully saturated rings. The highest BCUT2D eigenvalue weighted by atomic mass is 32.1. The number of methoxy groups -OCH3 is 1. The second-order valence-corrected chi connectivity index (χ2v) is 7.20. The Labute approximate surface area is 171 Å². The summed E-state index contributed by atoms with van der Waals surface area (Å²) < 4.78 is 16.6. The summed E-state index contributed by atoms with van der Waals surface area (Å²) in [4.78, 5) is 8.53. The number of aryl methyl sites for hydroxylation is 1. The van der Waals surface area contributed by atoms with Gasteiger partial charge in [-0.2, -0.15) is 4.98 Å². The molecule has 2 aromatic carbocycles. The quantitative estimate of drug-likeness (QED) is 0.490. The fraction of sp³-hybridized carbons (Fsp3) is 0.190. The molecule has 0 saturated carbocycles. The van der Waals surface area contributed by atoms with Gasteiger partial charge in [0.25, 0.3) is 0 Å². The maximum Gasteiger partial charge on any atom is 0.223 e. The Morgan fingerprint density at radius 3 is 2.66 bits per heavy atom. The summed E-state index contributed by atoms with van der Waals surface area (Å²) in [5.74, 6) is 1.80. The van der Waals surface area contributed by atoms with Crippen LogP contribution < -0.4 is 9.47 Å². The Bertz CT molecular complexity index is 1080. The molecule has 8 heteroatoms. The Kier molecular flexibility index (Phi) is 5.55. The van der Waals surface area contributed by atoms with Crippen LogP contribution in [0.25, 0.3) is 11.4 Å². The van der Waals surface area contributed by atoms with Crippen molar-refractivity contribution in [1.82, 2.24) is 15.1 Å². The predicted molar refractivity (Wildman–Crippen MR) is 108 cm³/mol. The number of aliphatic hydroxyl groups is 1. The van der Waals surface area contributed by atoms with Crippen molar-refractivity contribution in [2.24, 2.45) is 0 Å². The van der Waals surface area contributed by atoms with E-state index in [0.717, 1.165) is 5.56 Å². The molecule has 2 heterocycles. The summed E-state index contributed by atoms with van der Waals surface area (Å²) in [6.45, 7) is 2.08. The van der Waals surface area contributed by atoms with Crippen molar-refractivity contribution in [3.8, 4) is 22.9 Å². The molecule has 148 valence electrons. The van der Waals surface area contributed by atoms with Gasteiger partial charge in [0.2, 0.25) is 11.7 Å². The van der Waals surface area contributed by atoms with Crippen LogP contribution in [-0.4, -0.2) is 27.3 Å². The Balaban J connectivity index is 1.76. The van der Waals surface area contributed by atoms with Gasteiger partial charge in [0.15, 0.2) is 11.5 Å². The van der Waals surface area contributed by atoms with Gasteiger partial charge in [0.1, 0.15) is 17.7 Å². The van der Waals surface area contributed by atoms with E-state index < -0.39 is 6.10 Å². The van der Waals surface area contributed by atoms with Crippen molar-refractivity contribution < 1.29 is 19.1 Å². The van der Waals surface area contributed by atoms with Crippen LogP contribution in [0.2, 0.25) is 0 Å². The van der Waals surface area contributed by atoms with Gasteiger partial charge in [0, 0.05) is 29.6 Å². The van der Waals surface area contributed by atoms with Crippen molar-refractivity contribution in [2.45, 2.75) is 19.6 Å². The molecule has 0 saturated heterocycles. The zero-order valence-electron chi connectivity index (χ0n) is 15.9. The molecule has 1 atom stereocenters. The normalized spacial score (nSPS) is 12.0. The molecule has 1 unspecified atom stereocenters. The Hall–Kier alpha value is -3.23. The van der Waals surface area contributed by atoms with Crippen LogP contribution >= 0.6 is 11.3 Å². The largest absolute Gasteiger partial charge is 0.493 e. The molecule has 0 bridgehead atoms. The molecule has 0 radical (unpaired) electrons. The molecule has 2 aromatic heterocycles. The number of hydrogen-bond acceptors (Lipinski definition) is 8. The van der Waals surface area contributed by atoms with Crippen molar-refractivity contribution in [3.05, 3.63) is 76.1 Å². The third-order valence-electron chi connectivity index (χ3n) is 4.32. The highest BCUT2D eigenvalue weighted by molar-refractivity contribution is 7.09. The van der Waals surface area contributed by atoms with Crippen molar-refractivity contribution >= 4 is 11.3 Å². The lowest BCUT2D eigenvalue weighted by atomic mass is 10.0.